The van der Waals surface area contributed by atoms with Crippen LogP contribution < -0.4 is 16.0 Å². The van der Waals surface area contributed by atoms with E-state index in [4.69, 9.17) is 0 Å². The largest absolute Gasteiger partial charge is 0.325 e. The second-order valence-electron chi connectivity index (χ2n) is 9.38. The van der Waals surface area contributed by atoms with Gasteiger partial charge >= 0.3 is 0 Å². The Hall–Kier alpha value is -4.69. The molecule has 4 aromatic carbocycles. The van der Waals surface area contributed by atoms with Crippen LogP contribution in [0.5, 0.6) is 0 Å². The third-order valence-corrected chi connectivity index (χ3v) is 7.46. The van der Waals surface area contributed by atoms with Crippen LogP contribution in [0.2, 0.25) is 0 Å². The minimum Gasteiger partial charge on any atom is -0.325 e. The molecular formula is C33H30FN3O3S. The summed E-state index contributed by atoms with van der Waals surface area (Å²) >= 11 is 1.35. The monoisotopic (exact) mass is 567 g/mol. The van der Waals surface area contributed by atoms with Gasteiger partial charge in [-0.1, -0.05) is 54.6 Å². The molecule has 1 atom stereocenters. The van der Waals surface area contributed by atoms with E-state index in [1.54, 1.807) is 60.7 Å². The molecule has 8 heteroatoms. The third kappa shape index (κ3) is 7.93. The predicted octanol–water partition coefficient (Wildman–Crippen LogP) is 6.97. The maximum absolute atomic E-state index is 14.4. The van der Waals surface area contributed by atoms with E-state index in [9.17, 15) is 18.8 Å². The molecule has 0 radical (unpaired) electrons. The number of halogens is 1. The van der Waals surface area contributed by atoms with E-state index in [0.29, 0.717) is 11.3 Å². The lowest BCUT2D eigenvalue weighted by atomic mass is 10.1. The van der Waals surface area contributed by atoms with Crippen LogP contribution in [-0.2, 0) is 9.59 Å². The van der Waals surface area contributed by atoms with Gasteiger partial charge in [-0.3, -0.25) is 14.4 Å². The molecule has 4 aromatic rings. The van der Waals surface area contributed by atoms with Crippen molar-refractivity contribution in [2.24, 2.45) is 0 Å². The standard InChI is InChI=1S/C33H30FN3O3S/c1-21-11-9-18-29(22(21)2)36-31(38)23(3)41-27-16-10-15-26(20-27)35-33(40)30(19-25-14-7-8-17-28(25)34)37-32(39)24-12-5-4-6-13-24/h4-20,23H,1-3H3,(H,35,40)(H,36,38)(H,37,39)/b30-19-. The van der Waals surface area contributed by atoms with Gasteiger partial charge in [0.05, 0.1) is 5.25 Å². The molecule has 6 nitrogen and oxygen atoms in total. The number of hydrogen-bond donors (Lipinski definition) is 3. The number of amides is 3. The fraction of sp³-hybridized carbons (Fsp3) is 0.121. The Morgan fingerprint density at radius 3 is 2.29 bits per heavy atom. The number of nitrogens with one attached hydrogen (secondary N) is 3. The number of benzene rings is 4. The highest BCUT2D eigenvalue weighted by molar-refractivity contribution is 8.00. The summed E-state index contributed by atoms with van der Waals surface area (Å²) in [5.41, 5.74) is 3.72. The summed E-state index contributed by atoms with van der Waals surface area (Å²) in [5.74, 6) is -1.80. The van der Waals surface area contributed by atoms with Gasteiger partial charge in [0.15, 0.2) is 0 Å². The summed E-state index contributed by atoms with van der Waals surface area (Å²) in [4.78, 5) is 39.8. The zero-order valence-electron chi connectivity index (χ0n) is 22.9. The molecule has 3 N–H and O–H groups in total. The second kappa shape index (κ2) is 13.6. The first kappa shape index (κ1) is 29.3. The minimum atomic E-state index is -0.625. The van der Waals surface area contributed by atoms with Crippen LogP contribution in [0.4, 0.5) is 15.8 Å². The molecule has 4 rings (SSSR count). The summed E-state index contributed by atoms with van der Waals surface area (Å²) in [6.07, 6.45) is 1.30. The van der Waals surface area contributed by atoms with Crippen molar-refractivity contribution in [1.82, 2.24) is 5.32 Å². The Balaban J connectivity index is 1.49. The molecule has 0 aliphatic carbocycles. The normalized spacial score (nSPS) is 11.9. The van der Waals surface area contributed by atoms with Crippen molar-refractivity contribution in [2.75, 3.05) is 10.6 Å². The number of hydrogen-bond acceptors (Lipinski definition) is 4. The highest BCUT2D eigenvalue weighted by Gasteiger charge is 2.18. The molecule has 0 aliphatic heterocycles. The van der Waals surface area contributed by atoms with Gasteiger partial charge in [-0.25, -0.2) is 4.39 Å². The summed E-state index contributed by atoms with van der Waals surface area (Å²) in [6, 6.07) is 27.2. The van der Waals surface area contributed by atoms with Gasteiger partial charge in [-0.05, 0) is 80.4 Å². The van der Waals surface area contributed by atoms with Crippen molar-refractivity contribution in [1.29, 1.82) is 0 Å². The number of anilines is 2. The molecule has 0 fully saturated rings. The van der Waals surface area contributed by atoms with Crippen molar-refractivity contribution >= 4 is 46.9 Å². The number of carbonyl (C=O) groups is 3. The van der Waals surface area contributed by atoms with Crippen molar-refractivity contribution in [3.05, 3.63) is 131 Å². The molecule has 0 saturated carbocycles. The van der Waals surface area contributed by atoms with Crippen LogP contribution in [0.15, 0.2) is 108 Å². The van der Waals surface area contributed by atoms with Crippen LogP contribution >= 0.6 is 11.8 Å². The summed E-state index contributed by atoms with van der Waals surface area (Å²) in [6.45, 7) is 5.77. The van der Waals surface area contributed by atoms with Crippen molar-refractivity contribution in [3.8, 4) is 0 Å². The molecule has 0 aromatic heterocycles. The van der Waals surface area contributed by atoms with E-state index >= 15 is 0 Å². The van der Waals surface area contributed by atoms with Crippen molar-refractivity contribution in [2.45, 2.75) is 30.9 Å². The number of carbonyl (C=O) groups excluding carboxylic acids is 3. The van der Waals surface area contributed by atoms with Gasteiger partial charge < -0.3 is 16.0 Å². The molecule has 0 saturated heterocycles. The quantitative estimate of drug-likeness (QED) is 0.151. The lowest BCUT2D eigenvalue weighted by Crippen LogP contribution is -2.30. The first-order valence-electron chi connectivity index (χ1n) is 13.0. The van der Waals surface area contributed by atoms with E-state index < -0.39 is 22.9 Å². The highest BCUT2D eigenvalue weighted by Crippen LogP contribution is 2.28. The van der Waals surface area contributed by atoms with E-state index in [-0.39, 0.29) is 17.2 Å². The molecule has 0 aliphatic rings. The Kier molecular flexibility index (Phi) is 9.71. The van der Waals surface area contributed by atoms with Crippen LogP contribution in [0.3, 0.4) is 0 Å². The van der Waals surface area contributed by atoms with E-state index in [2.05, 4.69) is 16.0 Å². The molecule has 0 heterocycles. The Bertz CT molecular complexity index is 1600. The summed E-state index contributed by atoms with van der Waals surface area (Å²) < 4.78 is 14.4. The molecule has 0 bridgehead atoms. The first-order chi connectivity index (χ1) is 19.7. The summed E-state index contributed by atoms with van der Waals surface area (Å²) in [7, 11) is 0. The van der Waals surface area contributed by atoms with Crippen LogP contribution in [-0.4, -0.2) is 23.0 Å². The van der Waals surface area contributed by atoms with Crippen molar-refractivity contribution < 1.29 is 18.8 Å². The molecule has 3 amide bonds. The van der Waals surface area contributed by atoms with E-state index in [0.717, 1.165) is 21.7 Å². The predicted molar refractivity (Wildman–Crippen MR) is 163 cm³/mol. The average Bonchev–Trinajstić information content (AvgIpc) is 2.96. The van der Waals surface area contributed by atoms with Crippen molar-refractivity contribution in [3.63, 3.8) is 0 Å². The Morgan fingerprint density at radius 1 is 0.829 bits per heavy atom. The SMILES string of the molecule is Cc1cccc(NC(=O)C(C)Sc2cccc(NC(=O)/C(=C/c3ccccc3F)NC(=O)c3ccccc3)c2)c1C. The average molecular weight is 568 g/mol. The Morgan fingerprint density at radius 2 is 1.54 bits per heavy atom. The first-order valence-corrected chi connectivity index (χ1v) is 13.9. The van der Waals surface area contributed by atoms with Gasteiger partial charge in [-0.2, -0.15) is 0 Å². The van der Waals surface area contributed by atoms with Gasteiger partial charge in [0.2, 0.25) is 5.91 Å². The smallest absolute Gasteiger partial charge is 0.272 e. The number of rotatable bonds is 9. The molecule has 41 heavy (non-hydrogen) atoms. The Labute approximate surface area is 243 Å². The third-order valence-electron chi connectivity index (χ3n) is 6.37. The lowest BCUT2D eigenvalue weighted by molar-refractivity contribution is -0.115. The number of aryl methyl sites for hydroxylation is 1. The molecular weight excluding hydrogens is 537 g/mol. The second-order valence-corrected chi connectivity index (χ2v) is 10.8. The maximum Gasteiger partial charge on any atom is 0.272 e. The maximum atomic E-state index is 14.4. The molecule has 1 unspecified atom stereocenters. The number of thioether (sulfide) groups is 1. The van der Waals surface area contributed by atoms with E-state index in [1.807, 2.05) is 45.0 Å². The van der Waals surface area contributed by atoms with Crippen LogP contribution in [0.1, 0.15) is 34.0 Å². The fourth-order valence-corrected chi connectivity index (χ4v) is 4.84. The lowest BCUT2D eigenvalue weighted by Gasteiger charge is -2.15. The summed E-state index contributed by atoms with van der Waals surface area (Å²) in [5, 5.41) is 7.95. The highest BCUT2D eigenvalue weighted by atomic mass is 32.2. The van der Waals surface area contributed by atoms with Gasteiger partial charge in [-0.15, -0.1) is 11.8 Å². The topological polar surface area (TPSA) is 87.3 Å². The zero-order chi connectivity index (χ0) is 29.4. The fourth-order valence-electron chi connectivity index (χ4n) is 3.91. The van der Waals surface area contributed by atoms with Crippen LogP contribution in [0, 0.1) is 19.7 Å². The minimum absolute atomic E-state index is 0.122. The molecule has 0 spiro atoms. The van der Waals surface area contributed by atoms with E-state index in [1.165, 1.54) is 30.0 Å². The van der Waals surface area contributed by atoms with Crippen LogP contribution in [0.25, 0.3) is 6.08 Å². The van der Waals surface area contributed by atoms with Gasteiger partial charge in [0, 0.05) is 27.4 Å². The zero-order valence-corrected chi connectivity index (χ0v) is 23.7. The van der Waals surface area contributed by atoms with Gasteiger partial charge in [0.1, 0.15) is 11.5 Å². The van der Waals surface area contributed by atoms with Gasteiger partial charge in [0.25, 0.3) is 11.8 Å². The molecule has 208 valence electrons.